The minimum absolute atomic E-state index is 0. The summed E-state index contributed by atoms with van der Waals surface area (Å²) in [6, 6.07) is 5.16. The van der Waals surface area contributed by atoms with Crippen molar-refractivity contribution in [1.82, 2.24) is 0 Å². The Kier molecular flexibility index (Phi) is 6.53. The van der Waals surface area contributed by atoms with Crippen molar-refractivity contribution in [2.45, 2.75) is 0 Å². The van der Waals surface area contributed by atoms with Crippen molar-refractivity contribution < 1.29 is 19.0 Å². The molecule has 1 N–H and O–H groups in total. The number of carboxylic acids is 1. The fraction of sp³-hybridized carbons (Fsp3) is 0.125. The minimum atomic E-state index is -1.06. The summed E-state index contributed by atoms with van der Waals surface area (Å²) in [6.45, 7) is -0.411. The van der Waals surface area contributed by atoms with Gasteiger partial charge < -0.3 is 9.84 Å². The quantitative estimate of drug-likeness (QED) is 0.745. The number of carbonyl (C=O) groups is 1. The zero-order valence-corrected chi connectivity index (χ0v) is 6.16. The average Bonchev–Trinajstić information content (AvgIpc) is 2.03. The molecule has 0 aliphatic heterocycles. The van der Waals surface area contributed by atoms with E-state index in [2.05, 4.69) is 0 Å². The summed E-state index contributed by atoms with van der Waals surface area (Å²) in [6.07, 6.45) is 0. The van der Waals surface area contributed by atoms with Gasteiger partial charge in [-0.05, 0) is 24.3 Å². The van der Waals surface area contributed by atoms with Gasteiger partial charge in [-0.25, -0.2) is 9.18 Å². The van der Waals surface area contributed by atoms with Crippen molar-refractivity contribution in [1.29, 1.82) is 0 Å². The van der Waals surface area contributed by atoms with Crippen LogP contribution in [-0.2, 0) is 4.79 Å². The number of carboxylic acid groups (broad SMARTS) is 1. The molecule has 1 rings (SSSR count). The van der Waals surface area contributed by atoms with Crippen molar-refractivity contribution in [3.63, 3.8) is 0 Å². The molecule has 0 saturated heterocycles. The Bertz CT molecular complexity index is 273. The summed E-state index contributed by atoms with van der Waals surface area (Å²) in [7, 11) is 0. The second kappa shape index (κ2) is 6.50. The normalized spacial score (nSPS) is 8.69. The van der Waals surface area contributed by atoms with Crippen LogP contribution in [0.2, 0.25) is 0 Å². The van der Waals surface area contributed by atoms with E-state index < -0.39 is 12.6 Å². The van der Waals surface area contributed by atoms with E-state index in [4.69, 9.17) is 9.84 Å². The number of aliphatic carboxylic acids is 1. The molecule has 66 valence electrons. The summed E-state index contributed by atoms with van der Waals surface area (Å²) >= 11 is 0. The maximum atomic E-state index is 12.3. The second-order valence-corrected chi connectivity index (χ2v) is 2.14. The summed E-state index contributed by atoms with van der Waals surface area (Å²) < 4.78 is 17.1. The fourth-order valence-electron chi connectivity index (χ4n) is 0.676. The molecule has 0 heterocycles. The summed E-state index contributed by atoms with van der Waals surface area (Å²) in [5, 5.41) is 8.23. The van der Waals surface area contributed by atoms with Crippen LogP contribution in [0.1, 0.15) is 0 Å². The molecule has 0 aliphatic rings. The number of rotatable bonds is 3. The van der Waals surface area contributed by atoms with Gasteiger partial charge in [0.05, 0.1) is 0 Å². The molecule has 0 unspecified atom stereocenters. The Labute approximate surface area is 117 Å². The van der Waals surface area contributed by atoms with Crippen LogP contribution in [0.15, 0.2) is 24.3 Å². The SMILES string of the molecule is O=C(O)COc1ccc(F)cc1.[KH]. The van der Waals surface area contributed by atoms with E-state index in [9.17, 15) is 9.18 Å². The van der Waals surface area contributed by atoms with Crippen LogP contribution < -0.4 is 4.74 Å². The van der Waals surface area contributed by atoms with Gasteiger partial charge in [0.2, 0.25) is 0 Å². The van der Waals surface area contributed by atoms with Crippen molar-refractivity contribution >= 4 is 57.4 Å². The van der Waals surface area contributed by atoms with Crippen LogP contribution in [-0.4, -0.2) is 69.1 Å². The Morgan fingerprint density at radius 1 is 1.38 bits per heavy atom. The molecule has 0 aliphatic carbocycles. The molecule has 13 heavy (non-hydrogen) atoms. The average molecular weight is 210 g/mol. The number of hydrogen-bond donors (Lipinski definition) is 1. The van der Waals surface area contributed by atoms with E-state index in [0.29, 0.717) is 5.75 Å². The predicted molar refractivity (Wildman–Crippen MR) is 46.7 cm³/mol. The molecule has 0 amide bonds. The summed E-state index contributed by atoms with van der Waals surface area (Å²) in [5.74, 6) is -1.09. The number of hydrogen-bond acceptors (Lipinski definition) is 2. The Hall–Kier alpha value is 0.0564. The molecular formula is C8H8FKO3. The van der Waals surface area contributed by atoms with E-state index >= 15 is 0 Å². The predicted octanol–water partition coefficient (Wildman–Crippen LogP) is 0.641. The summed E-state index contributed by atoms with van der Waals surface area (Å²) in [4.78, 5) is 10.0. The monoisotopic (exact) mass is 210 g/mol. The van der Waals surface area contributed by atoms with E-state index in [-0.39, 0.29) is 57.2 Å². The van der Waals surface area contributed by atoms with Crippen molar-refractivity contribution in [2.24, 2.45) is 0 Å². The zero-order chi connectivity index (χ0) is 8.97. The molecule has 0 spiro atoms. The Morgan fingerprint density at radius 3 is 2.38 bits per heavy atom. The molecule has 0 atom stereocenters. The fourth-order valence-corrected chi connectivity index (χ4v) is 0.676. The van der Waals surface area contributed by atoms with Crippen molar-refractivity contribution in [3.8, 4) is 5.75 Å². The van der Waals surface area contributed by atoms with E-state index in [0.717, 1.165) is 0 Å². The molecule has 1 aromatic rings. The first-order valence-electron chi connectivity index (χ1n) is 3.28. The van der Waals surface area contributed by atoms with Gasteiger partial charge in [-0.3, -0.25) is 0 Å². The van der Waals surface area contributed by atoms with Gasteiger partial charge in [0, 0.05) is 0 Å². The van der Waals surface area contributed by atoms with Crippen molar-refractivity contribution in [2.75, 3.05) is 6.61 Å². The number of halogens is 1. The molecule has 0 bridgehead atoms. The van der Waals surface area contributed by atoms with Gasteiger partial charge in [-0.1, -0.05) is 0 Å². The number of benzene rings is 1. The first kappa shape index (κ1) is 13.1. The number of ether oxygens (including phenoxy) is 1. The van der Waals surface area contributed by atoms with Crippen LogP contribution in [0.4, 0.5) is 4.39 Å². The first-order chi connectivity index (χ1) is 5.68. The molecule has 0 aromatic heterocycles. The van der Waals surface area contributed by atoms with Gasteiger partial charge in [0.25, 0.3) is 0 Å². The molecule has 0 fully saturated rings. The van der Waals surface area contributed by atoms with Crippen molar-refractivity contribution in [3.05, 3.63) is 30.1 Å². The topological polar surface area (TPSA) is 46.5 Å². The van der Waals surface area contributed by atoms with E-state index in [1.807, 2.05) is 0 Å². The molecule has 3 nitrogen and oxygen atoms in total. The third-order valence-corrected chi connectivity index (χ3v) is 1.18. The van der Waals surface area contributed by atoms with Crippen LogP contribution in [0.3, 0.4) is 0 Å². The molecular weight excluding hydrogens is 202 g/mol. The maximum absolute atomic E-state index is 12.3. The van der Waals surface area contributed by atoms with Gasteiger partial charge in [-0.15, -0.1) is 0 Å². The molecule has 5 heteroatoms. The van der Waals surface area contributed by atoms with Crippen LogP contribution in [0, 0.1) is 5.82 Å². The second-order valence-electron chi connectivity index (χ2n) is 2.14. The molecule has 1 aromatic carbocycles. The zero-order valence-electron chi connectivity index (χ0n) is 6.16. The van der Waals surface area contributed by atoms with Gasteiger partial charge >= 0.3 is 57.4 Å². The Morgan fingerprint density at radius 2 is 1.92 bits per heavy atom. The standard InChI is InChI=1S/C8H7FO3.K.H/c9-6-1-3-7(4-2-6)12-5-8(10)11;;/h1-4H,5H2,(H,10,11);;. The van der Waals surface area contributed by atoms with E-state index in [1.165, 1.54) is 24.3 Å². The first-order valence-corrected chi connectivity index (χ1v) is 3.28. The third-order valence-electron chi connectivity index (χ3n) is 1.18. The van der Waals surface area contributed by atoms with Crippen LogP contribution in [0.5, 0.6) is 5.75 Å². The molecule has 0 radical (unpaired) electrons. The third kappa shape index (κ3) is 5.38. The van der Waals surface area contributed by atoms with Gasteiger partial charge in [-0.2, -0.15) is 0 Å². The molecule has 0 saturated carbocycles. The Balaban J connectivity index is 0.00000144. The van der Waals surface area contributed by atoms with Crippen LogP contribution in [0.25, 0.3) is 0 Å². The summed E-state index contributed by atoms with van der Waals surface area (Å²) in [5.41, 5.74) is 0. The van der Waals surface area contributed by atoms with E-state index in [1.54, 1.807) is 0 Å². The van der Waals surface area contributed by atoms with Gasteiger partial charge in [0.1, 0.15) is 11.6 Å². The van der Waals surface area contributed by atoms with Gasteiger partial charge in [0.15, 0.2) is 6.61 Å². The van der Waals surface area contributed by atoms with Crippen LogP contribution >= 0.6 is 0 Å².